The lowest BCUT2D eigenvalue weighted by Crippen LogP contribution is -2.27. The SMILES string of the molecule is CCCCOC(=O)CC(CC(C)(C)C)C(=O)OCCCC. The number of ether oxygens (including phenoxy) is 2. The molecule has 0 aliphatic rings. The molecule has 124 valence electrons. The first-order valence-corrected chi connectivity index (χ1v) is 8.12. The van der Waals surface area contributed by atoms with E-state index in [0.717, 1.165) is 25.7 Å². The lowest BCUT2D eigenvalue weighted by Gasteiger charge is -2.24. The van der Waals surface area contributed by atoms with Crippen LogP contribution in [0.25, 0.3) is 0 Å². The molecule has 0 aliphatic carbocycles. The topological polar surface area (TPSA) is 52.6 Å². The molecule has 0 radical (unpaired) electrons. The molecule has 0 heterocycles. The van der Waals surface area contributed by atoms with Crippen LogP contribution in [-0.2, 0) is 19.1 Å². The molecule has 0 spiro atoms. The molecule has 0 saturated heterocycles. The minimum absolute atomic E-state index is 0.0296. The molecular weight excluding hydrogens is 268 g/mol. The highest BCUT2D eigenvalue weighted by atomic mass is 16.5. The van der Waals surface area contributed by atoms with Crippen molar-refractivity contribution in [1.82, 2.24) is 0 Å². The third kappa shape index (κ3) is 11.3. The van der Waals surface area contributed by atoms with Gasteiger partial charge in [-0.05, 0) is 24.7 Å². The van der Waals surface area contributed by atoms with Gasteiger partial charge < -0.3 is 9.47 Å². The third-order valence-corrected chi connectivity index (χ3v) is 3.11. The van der Waals surface area contributed by atoms with Crippen molar-refractivity contribution in [3.8, 4) is 0 Å². The zero-order valence-electron chi connectivity index (χ0n) is 14.4. The van der Waals surface area contributed by atoms with Crippen LogP contribution in [0.5, 0.6) is 0 Å². The molecule has 0 aromatic carbocycles. The fourth-order valence-corrected chi connectivity index (χ4v) is 2.00. The average molecular weight is 300 g/mol. The Morgan fingerprint density at radius 2 is 1.48 bits per heavy atom. The summed E-state index contributed by atoms with van der Waals surface area (Å²) in [5.41, 5.74) is -0.0296. The summed E-state index contributed by atoms with van der Waals surface area (Å²) in [5, 5.41) is 0. The maximum absolute atomic E-state index is 12.1. The van der Waals surface area contributed by atoms with Gasteiger partial charge in [-0.15, -0.1) is 0 Å². The summed E-state index contributed by atoms with van der Waals surface area (Å²) in [6.45, 7) is 11.1. The van der Waals surface area contributed by atoms with Gasteiger partial charge in [-0.1, -0.05) is 47.5 Å². The molecule has 0 saturated carbocycles. The number of unbranched alkanes of at least 4 members (excludes halogenated alkanes) is 2. The Balaban J connectivity index is 4.44. The molecule has 0 rings (SSSR count). The average Bonchev–Trinajstić information content (AvgIpc) is 2.37. The quantitative estimate of drug-likeness (QED) is 0.450. The van der Waals surface area contributed by atoms with Crippen LogP contribution in [0.3, 0.4) is 0 Å². The van der Waals surface area contributed by atoms with Crippen molar-refractivity contribution in [3.05, 3.63) is 0 Å². The van der Waals surface area contributed by atoms with E-state index >= 15 is 0 Å². The van der Waals surface area contributed by atoms with Crippen LogP contribution < -0.4 is 0 Å². The van der Waals surface area contributed by atoms with Crippen LogP contribution in [0.4, 0.5) is 0 Å². The van der Waals surface area contributed by atoms with Crippen molar-refractivity contribution >= 4 is 11.9 Å². The normalized spacial score (nSPS) is 12.8. The maximum atomic E-state index is 12.1. The highest BCUT2D eigenvalue weighted by Gasteiger charge is 2.29. The van der Waals surface area contributed by atoms with Gasteiger partial charge in [-0.2, -0.15) is 0 Å². The van der Waals surface area contributed by atoms with Gasteiger partial charge in [0.25, 0.3) is 0 Å². The number of esters is 2. The highest BCUT2D eigenvalue weighted by Crippen LogP contribution is 2.27. The molecule has 1 atom stereocenters. The van der Waals surface area contributed by atoms with Gasteiger partial charge in [-0.25, -0.2) is 0 Å². The van der Waals surface area contributed by atoms with E-state index in [1.807, 2.05) is 13.8 Å². The van der Waals surface area contributed by atoms with Crippen LogP contribution in [0.2, 0.25) is 0 Å². The van der Waals surface area contributed by atoms with E-state index in [1.54, 1.807) is 0 Å². The predicted molar refractivity (Wildman–Crippen MR) is 83.9 cm³/mol. The highest BCUT2D eigenvalue weighted by molar-refractivity contribution is 5.80. The van der Waals surface area contributed by atoms with E-state index in [4.69, 9.17) is 9.47 Å². The summed E-state index contributed by atoms with van der Waals surface area (Å²) in [6, 6.07) is 0. The Labute approximate surface area is 129 Å². The fourth-order valence-electron chi connectivity index (χ4n) is 2.00. The summed E-state index contributed by atoms with van der Waals surface area (Å²) in [6.07, 6.45) is 4.42. The van der Waals surface area contributed by atoms with Gasteiger partial charge in [-0.3, -0.25) is 9.59 Å². The summed E-state index contributed by atoms with van der Waals surface area (Å²) < 4.78 is 10.4. The van der Waals surface area contributed by atoms with Crippen LogP contribution in [-0.4, -0.2) is 25.2 Å². The number of hydrogen-bond donors (Lipinski definition) is 0. The first-order chi connectivity index (χ1) is 9.80. The van der Waals surface area contributed by atoms with Crippen molar-refractivity contribution < 1.29 is 19.1 Å². The summed E-state index contributed by atoms with van der Waals surface area (Å²) >= 11 is 0. The number of hydrogen-bond acceptors (Lipinski definition) is 4. The Morgan fingerprint density at radius 1 is 0.952 bits per heavy atom. The van der Waals surface area contributed by atoms with Gasteiger partial charge in [0.15, 0.2) is 0 Å². The van der Waals surface area contributed by atoms with Crippen molar-refractivity contribution in [2.45, 2.75) is 73.1 Å². The lowest BCUT2D eigenvalue weighted by atomic mass is 9.83. The molecule has 0 fully saturated rings. The second kappa shape index (κ2) is 10.6. The molecule has 0 aromatic rings. The minimum atomic E-state index is -0.406. The largest absolute Gasteiger partial charge is 0.466 e. The molecule has 0 bridgehead atoms. The van der Waals surface area contributed by atoms with E-state index in [-0.39, 0.29) is 23.8 Å². The monoisotopic (exact) mass is 300 g/mol. The van der Waals surface area contributed by atoms with E-state index in [2.05, 4.69) is 20.8 Å². The second-order valence-corrected chi connectivity index (χ2v) is 6.76. The Morgan fingerprint density at radius 3 is 1.95 bits per heavy atom. The number of carbonyl (C=O) groups excluding carboxylic acids is 2. The van der Waals surface area contributed by atoms with Gasteiger partial charge >= 0.3 is 11.9 Å². The van der Waals surface area contributed by atoms with Gasteiger partial charge in [0.2, 0.25) is 0 Å². The van der Waals surface area contributed by atoms with E-state index in [0.29, 0.717) is 19.6 Å². The first-order valence-electron chi connectivity index (χ1n) is 8.12. The van der Waals surface area contributed by atoms with Crippen LogP contribution in [0.1, 0.15) is 73.1 Å². The van der Waals surface area contributed by atoms with Crippen LogP contribution in [0.15, 0.2) is 0 Å². The summed E-state index contributed by atoms with van der Waals surface area (Å²) in [5.74, 6) is -0.980. The molecule has 4 heteroatoms. The Hall–Kier alpha value is -1.06. The lowest BCUT2D eigenvalue weighted by molar-refractivity contribution is -0.156. The van der Waals surface area contributed by atoms with Crippen molar-refractivity contribution in [2.24, 2.45) is 11.3 Å². The molecule has 0 N–H and O–H groups in total. The van der Waals surface area contributed by atoms with E-state index < -0.39 is 5.92 Å². The van der Waals surface area contributed by atoms with Gasteiger partial charge in [0.05, 0.1) is 25.6 Å². The Kier molecular flexibility index (Phi) is 10.1. The van der Waals surface area contributed by atoms with Crippen LogP contribution in [0, 0.1) is 11.3 Å². The maximum Gasteiger partial charge on any atom is 0.309 e. The van der Waals surface area contributed by atoms with Crippen molar-refractivity contribution in [3.63, 3.8) is 0 Å². The van der Waals surface area contributed by atoms with Gasteiger partial charge in [0.1, 0.15) is 0 Å². The molecule has 0 amide bonds. The first kappa shape index (κ1) is 19.9. The second-order valence-electron chi connectivity index (χ2n) is 6.76. The molecule has 0 aromatic heterocycles. The van der Waals surface area contributed by atoms with Crippen LogP contribution >= 0.6 is 0 Å². The smallest absolute Gasteiger partial charge is 0.309 e. The molecule has 1 unspecified atom stereocenters. The number of rotatable bonds is 10. The molecule has 4 nitrogen and oxygen atoms in total. The molecule has 0 aliphatic heterocycles. The zero-order chi connectivity index (χ0) is 16.3. The molecular formula is C17H32O4. The van der Waals surface area contributed by atoms with E-state index in [9.17, 15) is 9.59 Å². The van der Waals surface area contributed by atoms with Crippen molar-refractivity contribution in [2.75, 3.05) is 13.2 Å². The third-order valence-electron chi connectivity index (χ3n) is 3.11. The standard InChI is InChI=1S/C17H32O4/c1-6-8-10-20-15(18)12-14(13-17(3,4)5)16(19)21-11-9-7-2/h14H,6-13H2,1-5H3. The number of carbonyl (C=O) groups is 2. The zero-order valence-corrected chi connectivity index (χ0v) is 14.4. The summed E-state index contributed by atoms with van der Waals surface area (Å²) in [7, 11) is 0. The Bertz CT molecular complexity index is 304. The summed E-state index contributed by atoms with van der Waals surface area (Å²) in [4.78, 5) is 23.9. The minimum Gasteiger partial charge on any atom is -0.466 e. The van der Waals surface area contributed by atoms with Gasteiger partial charge in [0, 0.05) is 0 Å². The van der Waals surface area contributed by atoms with E-state index in [1.165, 1.54) is 0 Å². The fraction of sp³-hybridized carbons (Fsp3) is 0.882. The predicted octanol–water partition coefficient (Wildman–Crippen LogP) is 4.12. The molecule has 21 heavy (non-hydrogen) atoms. The van der Waals surface area contributed by atoms with Crippen molar-refractivity contribution in [1.29, 1.82) is 0 Å².